The number of carbonyl (C=O) groups is 1. The third-order valence-electron chi connectivity index (χ3n) is 3.84. The molecule has 0 atom stereocenters. The van der Waals surface area contributed by atoms with Crippen molar-refractivity contribution in [3.8, 4) is 0 Å². The molecule has 1 aliphatic carbocycles. The number of aromatic nitrogens is 1. The van der Waals surface area contributed by atoms with Gasteiger partial charge in [0.05, 0.1) is 10.7 Å². The van der Waals surface area contributed by atoms with Gasteiger partial charge in [-0.1, -0.05) is 6.07 Å². The van der Waals surface area contributed by atoms with Gasteiger partial charge in [-0.25, -0.2) is 14.2 Å². The standard InChI is InChI=1S/C19H23FN2O2S/c1-11-17(22-18(23)24-19(2,3)4)25-16(21-11)9-12-7-14(13-5-6-13)10-15(20)8-12/h7-8,10,13H,5-6,9H2,1-4H3,(H,22,23). The lowest BCUT2D eigenvalue weighted by atomic mass is 10.0. The van der Waals surface area contributed by atoms with Crippen LogP contribution in [0.2, 0.25) is 0 Å². The summed E-state index contributed by atoms with van der Waals surface area (Å²) >= 11 is 1.40. The van der Waals surface area contributed by atoms with Crippen LogP contribution >= 0.6 is 11.3 Å². The van der Waals surface area contributed by atoms with E-state index in [0.717, 1.165) is 34.7 Å². The SMILES string of the molecule is Cc1nc(Cc2cc(F)cc(C3CC3)c2)sc1NC(=O)OC(C)(C)C. The number of thiazole rings is 1. The number of carbonyl (C=O) groups excluding carboxylic acids is 1. The Morgan fingerprint density at radius 1 is 1.36 bits per heavy atom. The minimum absolute atomic E-state index is 0.195. The second-order valence-corrected chi connectivity index (χ2v) is 8.58. The molecule has 1 N–H and O–H groups in total. The Labute approximate surface area is 151 Å². The first kappa shape index (κ1) is 17.9. The monoisotopic (exact) mass is 362 g/mol. The Hall–Kier alpha value is -1.95. The number of amides is 1. The molecule has 0 bridgehead atoms. The van der Waals surface area contributed by atoms with Gasteiger partial charge in [-0.3, -0.25) is 5.32 Å². The lowest BCUT2D eigenvalue weighted by Gasteiger charge is -2.19. The maximum atomic E-state index is 13.8. The molecule has 1 aliphatic rings. The number of hydrogen-bond donors (Lipinski definition) is 1. The van der Waals surface area contributed by atoms with E-state index in [1.54, 1.807) is 12.1 Å². The van der Waals surface area contributed by atoms with Crippen molar-refractivity contribution in [2.45, 2.75) is 58.5 Å². The van der Waals surface area contributed by atoms with E-state index in [4.69, 9.17) is 4.74 Å². The van der Waals surface area contributed by atoms with E-state index in [1.807, 2.05) is 27.7 Å². The van der Waals surface area contributed by atoms with Crippen molar-refractivity contribution >= 4 is 22.4 Å². The molecule has 0 aliphatic heterocycles. The Kier molecular flexibility index (Phi) is 4.82. The Balaban J connectivity index is 1.71. The first-order valence-corrected chi connectivity index (χ1v) is 9.27. The van der Waals surface area contributed by atoms with Crippen LogP contribution in [0.1, 0.15) is 61.4 Å². The van der Waals surface area contributed by atoms with Gasteiger partial charge in [-0.2, -0.15) is 0 Å². The molecule has 2 aromatic rings. The second kappa shape index (κ2) is 6.75. The number of aryl methyl sites for hydroxylation is 1. The van der Waals surface area contributed by atoms with Gasteiger partial charge in [0, 0.05) is 6.42 Å². The van der Waals surface area contributed by atoms with E-state index >= 15 is 0 Å². The average Bonchev–Trinajstić information content (AvgIpc) is 3.23. The average molecular weight is 362 g/mol. The maximum absolute atomic E-state index is 13.8. The fourth-order valence-corrected chi connectivity index (χ4v) is 3.63. The van der Waals surface area contributed by atoms with E-state index in [-0.39, 0.29) is 5.82 Å². The zero-order valence-electron chi connectivity index (χ0n) is 15.0. The number of rotatable bonds is 4. The molecule has 4 nitrogen and oxygen atoms in total. The molecular weight excluding hydrogens is 339 g/mol. The van der Waals surface area contributed by atoms with E-state index in [2.05, 4.69) is 16.4 Å². The van der Waals surface area contributed by atoms with Crippen LogP contribution in [-0.2, 0) is 11.2 Å². The number of anilines is 1. The van der Waals surface area contributed by atoms with Crippen molar-refractivity contribution in [1.29, 1.82) is 0 Å². The molecule has 6 heteroatoms. The van der Waals surface area contributed by atoms with Gasteiger partial charge < -0.3 is 4.74 Å². The molecule has 1 heterocycles. The minimum atomic E-state index is -0.549. The van der Waals surface area contributed by atoms with Crippen LogP contribution in [0, 0.1) is 12.7 Å². The summed E-state index contributed by atoms with van der Waals surface area (Å²) in [6.45, 7) is 7.30. The highest BCUT2D eigenvalue weighted by Crippen LogP contribution is 2.40. The minimum Gasteiger partial charge on any atom is -0.444 e. The van der Waals surface area contributed by atoms with E-state index in [1.165, 1.54) is 11.3 Å². The number of hydrogen-bond acceptors (Lipinski definition) is 4. The van der Waals surface area contributed by atoms with Crippen molar-refractivity contribution in [2.75, 3.05) is 5.32 Å². The molecule has 0 spiro atoms. The highest BCUT2D eigenvalue weighted by Gasteiger charge is 2.24. The topological polar surface area (TPSA) is 51.2 Å². The molecule has 0 radical (unpaired) electrons. The summed E-state index contributed by atoms with van der Waals surface area (Å²) in [5, 5.41) is 4.26. The number of ether oxygens (including phenoxy) is 1. The van der Waals surface area contributed by atoms with Crippen LogP contribution in [0.25, 0.3) is 0 Å². The predicted octanol–water partition coefficient (Wildman–Crippen LogP) is 5.41. The van der Waals surface area contributed by atoms with Crippen LogP contribution in [0.5, 0.6) is 0 Å². The highest BCUT2D eigenvalue weighted by molar-refractivity contribution is 7.16. The molecule has 1 amide bonds. The molecular formula is C19H23FN2O2S. The van der Waals surface area contributed by atoms with Gasteiger partial charge in [-0.15, -0.1) is 11.3 Å². The second-order valence-electron chi connectivity index (χ2n) is 7.49. The molecule has 134 valence electrons. The fraction of sp³-hybridized carbons (Fsp3) is 0.474. The quantitative estimate of drug-likeness (QED) is 0.791. The first-order chi connectivity index (χ1) is 11.7. The zero-order valence-corrected chi connectivity index (χ0v) is 15.8. The zero-order chi connectivity index (χ0) is 18.2. The molecule has 1 aromatic heterocycles. The van der Waals surface area contributed by atoms with Crippen LogP contribution < -0.4 is 5.32 Å². The van der Waals surface area contributed by atoms with Crippen molar-refractivity contribution in [1.82, 2.24) is 4.98 Å². The highest BCUT2D eigenvalue weighted by atomic mass is 32.1. The Morgan fingerprint density at radius 3 is 2.72 bits per heavy atom. The molecule has 0 unspecified atom stereocenters. The summed E-state index contributed by atoms with van der Waals surface area (Å²) < 4.78 is 19.1. The Bertz CT molecular complexity index is 791. The molecule has 0 saturated heterocycles. The van der Waals surface area contributed by atoms with Gasteiger partial charge in [0.2, 0.25) is 0 Å². The lowest BCUT2D eigenvalue weighted by Crippen LogP contribution is -2.27. The van der Waals surface area contributed by atoms with E-state index < -0.39 is 11.7 Å². The van der Waals surface area contributed by atoms with Crippen molar-refractivity contribution in [2.24, 2.45) is 0 Å². The van der Waals surface area contributed by atoms with Gasteiger partial charge in [0.15, 0.2) is 0 Å². The molecule has 1 aromatic carbocycles. The summed E-state index contributed by atoms with van der Waals surface area (Å²) in [5.74, 6) is 0.316. The van der Waals surface area contributed by atoms with Crippen molar-refractivity contribution in [3.63, 3.8) is 0 Å². The summed E-state index contributed by atoms with van der Waals surface area (Å²) in [6.07, 6.45) is 2.35. The first-order valence-electron chi connectivity index (χ1n) is 8.45. The molecule has 25 heavy (non-hydrogen) atoms. The largest absolute Gasteiger partial charge is 0.444 e. The number of nitrogens with one attached hydrogen (secondary N) is 1. The number of halogens is 1. The molecule has 1 fully saturated rings. The van der Waals surface area contributed by atoms with Gasteiger partial charge in [0.25, 0.3) is 0 Å². The van der Waals surface area contributed by atoms with Crippen LogP contribution in [-0.4, -0.2) is 16.7 Å². The van der Waals surface area contributed by atoms with E-state index in [0.29, 0.717) is 17.3 Å². The fourth-order valence-electron chi connectivity index (χ4n) is 2.64. The summed E-state index contributed by atoms with van der Waals surface area (Å²) in [5.41, 5.74) is 2.19. The summed E-state index contributed by atoms with van der Waals surface area (Å²) in [7, 11) is 0. The number of benzene rings is 1. The number of nitrogens with zero attached hydrogens (tertiary/aromatic N) is 1. The summed E-state index contributed by atoms with van der Waals surface area (Å²) in [4.78, 5) is 16.4. The van der Waals surface area contributed by atoms with Crippen LogP contribution in [0.15, 0.2) is 18.2 Å². The Morgan fingerprint density at radius 2 is 2.08 bits per heavy atom. The van der Waals surface area contributed by atoms with Crippen LogP contribution in [0.4, 0.5) is 14.2 Å². The normalized spacial score (nSPS) is 14.4. The smallest absolute Gasteiger partial charge is 0.412 e. The van der Waals surface area contributed by atoms with Crippen LogP contribution in [0.3, 0.4) is 0 Å². The lowest BCUT2D eigenvalue weighted by molar-refractivity contribution is 0.0636. The molecule has 3 rings (SSSR count). The van der Waals surface area contributed by atoms with Gasteiger partial charge >= 0.3 is 6.09 Å². The third-order valence-corrected chi connectivity index (χ3v) is 4.91. The predicted molar refractivity (Wildman–Crippen MR) is 97.9 cm³/mol. The van der Waals surface area contributed by atoms with Gasteiger partial charge in [0.1, 0.15) is 16.4 Å². The van der Waals surface area contributed by atoms with Crippen molar-refractivity contribution < 1.29 is 13.9 Å². The maximum Gasteiger partial charge on any atom is 0.412 e. The van der Waals surface area contributed by atoms with Crippen molar-refractivity contribution in [3.05, 3.63) is 45.8 Å². The van der Waals surface area contributed by atoms with E-state index in [9.17, 15) is 9.18 Å². The molecule has 1 saturated carbocycles. The third kappa shape index (κ3) is 5.01. The summed E-state index contributed by atoms with van der Waals surface area (Å²) in [6, 6.07) is 5.26. The van der Waals surface area contributed by atoms with Gasteiger partial charge in [-0.05, 0) is 69.7 Å².